The van der Waals surface area contributed by atoms with Gasteiger partial charge >= 0.3 is 5.97 Å². The molecule has 2 N–H and O–H groups in total. The molecule has 0 aliphatic rings. The number of hydrogen-bond donors (Lipinski definition) is 2. The van der Waals surface area contributed by atoms with Crippen molar-refractivity contribution in [3.8, 4) is 5.75 Å². The molecule has 7 heteroatoms. The van der Waals surface area contributed by atoms with Gasteiger partial charge < -0.3 is 20.1 Å². The summed E-state index contributed by atoms with van der Waals surface area (Å²) >= 11 is 0. The Kier molecular flexibility index (Phi) is 6.93. The molecule has 142 valence electrons. The molecule has 0 saturated carbocycles. The number of carbonyl (C=O) groups excluding carboxylic acids is 2. The van der Waals surface area contributed by atoms with Gasteiger partial charge in [-0.2, -0.15) is 0 Å². The number of carbonyl (C=O) groups is 3. The number of nitrogens with one attached hydrogen (secondary N) is 1. The van der Waals surface area contributed by atoms with Crippen molar-refractivity contribution in [3.63, 3.8) is 0 Å². The fourth-order valence-electron chi connectivity index (χ4n) is 2.38. The number of amides is 2. The van der Waals surface area contributed by atoms with Gasteiger partial charge in [-0.3, -0.25) is 9.59 Å². The summed E-state index contributed by atoms with van der Waals surface area (Å²) in [4.78, 5) is 36.2. The Morgan fingerprint density at radius 3 is 2.44 bits per heavy atom. The Labute approximate surface area is 157 Å². The molecule has 0 unspecified atom stereocenters. The summed E-state index contributed by atoms with van der Waals surface area (Å²) in [5.74, 6) is -0.872. The van der Waals surface area contributed by atoms with Crippen molar-refractivity contribution in [1.29, 1.82) is 0 Å². The van der Waals surface area contributed by atoms with Gasteiger partial charge in [0.05, 0.1) is 0 Å². The summed E-state index contributed by atoms with van der Waals surface area (Å²) in [5, 5.41) is 11.3. The van der Waals surface area contributed by atoms with Gasteiger partial charge in [-0.15, -0.1) is 0 Å². The van der Waals surface area contributed by atoms with Crippen LogP contribution in [0.1, 0.15) is 29.3 Å². The van der Waals surface area contributed by atoms with Gasteiger partial charge in [-0.1, -0.05) is 25.1 Å². The highest BCUT2D eigenvalue weighted by molar-refractivity contribution is 5.97. The van der Waals surface area contributed by atoms with Crippen LogP contribution < -0.4 is 10.1 Å². The predicted molar refractivity (Wildman–Crippen MR) is 101 cm³/mol. The molecule has 0 spiro atoms. The van der Waals surface area contributed by atoms with Crippen LogP contribution in [0.25, 0.3) is 0 Å². The van der Waals surface area contributed by atoms with Gasteiger partial charge in [0.1, 0.15) is 5.75 Å². The van der Waals surface area contributed by atoms with Crippen molar-refractivity contribution < 1.29 is 24.2 Å². The highest BCUT2D eigenvalue weighted by Crippen LogP contribution is 2.16. The van der Waals surface area contributed by atoms with Crippen molar-refractivity contribution in [2.45, 2.75) is 19.9 Å². The quantitative estimate of drug-likeness (QED) is 0.745. The van der Waals surface area contributed by atoms with E-state index >= 15 is 0 Å². The Bertz CT molecular complexity index is 817. The highest BCUT2D eigenvalue weighted by atomic mass is 16.5. The first-order valence-corrected chi connectivity index (χ1v) is 8.48. The third-order valence-electron chi connectivity index (χ3n) is 3.77. The minimum absolute atomic E-state index is 0.113. The van der Waals surface area contributed by atoms with Crippen LogP contribution in [0.2, 0.25) is 0 Å². The molecule has 0 heterocycles. The topological polar surface area (TPSA) is 95.9 Å². The number of nitrogens with zero attached hydrogens (tertiary/aromatic N) is 1. The standard InChI is InChI=1S/C20H22N2O5/c1-3-18(23)21-16-6-4-5-15(11-16)20(26)22(2)12-14-7-9-17(10-8-14)27-13-19(24)25/h4-11H,3,12-13H2,1-2H3,(H,21,23)(H,24,25). The number of benzene rings is 2. The SMILES string of the molecule is CCC(=O)Nc1cccc(C(=O)N(C)Cc2ccc(OCC(=O)O)cc2)c1. The molecule has 0 aliphatic carbocycles. The predicted octanol–water partition coefficient (Wildman–Crippen LogP) is 2.77. The van der Waals surface area contributed by atoms with Crippen LogP contribution in [0.3, 0.4) is 0 Å². The smallest absolute Gasteiger partial charge is 0.341 e. The number of hydrogen-bond acceptors (Lipinski definition) is 4. The second kappa shape index (κ2) is 9.38. The molecule has 0 aromatic heterocycles. The second-order valence-electron chi connectivity index (χ2n) is 5.97. The summed E-state index contributed by atoms with van der Waals surface area (Å²) in [5.41, 5.74) is 1.94. The first-order valence-electron chi connectivity index (χ1n) is 8.48. The molecule has 0 bridgehead atoms. The Hall–Kier alpha value is -3.35. The second-order valence-corrected chi connectivity index (χ2v) is 5.97. The number of carboxylic acids is 1. The normalized spacial score (nSPS) is 10.1. The molecule has 2 amide bonds. The van der Waals surface area contributed by atoms with Crippen LogP contribution in [0.15, 0.2) is 48.5 Å². The first kappa shape index (κ1) is 20.0. The molecule has 0 atom stereocenters. The maximum atomic E-state index is 12.6. The van der Waals surface area contributed by atoms with Gasteiger partial charge in [0, 0.05) is 31.3 Å². The maximum Gasteiger partial charge on any atom is 0.341 e. The zero-order chi connectivity index (χ0) is 19.8. The molecule has 27 heavy (non-hydrogen) atoms. The average molecular weight is 370 g/mol. The van der Waals surface area contributed by atoms with E-state index < -0.39 is 12.6 Å². The lowest BCUT2D eigenvalue weighted by molar-refractivity contribution is -0.139. The lowest BCUT2D eigenvalue weighted by Gasteiger charge is -2.18. The number of rotatable bonds is 8. The molecule has 2 rings (SSSR count). The van der Waals surface area contributed by atoms with E-state index in [-0.39, 0.29) is 11.8 Å². The zero-order valence-electron chi connectivity index (χ0n) is 15.3. The summed E-state index contributed by atoms with van der Waals surface area (Å²) in [7, 11) is 1.69. The van der Waals surface area contributed by atoms with E-state index in [2.05, 4.69) is 5.32 Å². The van der Waals surface area contributed by atoms with Gasteiger partial charge in [0.25, 0.3) is 5.91 Å². The summed E-state index contributed by atoms with van der Waals surface area (Å²) in [6.07, 6.45) is 0.365. The molecule has 2 aromatic rings. The molecule has 7 nitrogen and oxygen atoms in total. The molecule has 0 saturated heterocycles. The molecule has 0 radical (unpaired) electrons. The first-order chi connectivity index (χ1) is 12.9. The van der Waals surface area contributed by atoms with Crippen LogP contribution in [-0.2, 0) is 16.1 Å². The minimum atomic E-state index is -1.04. The van der Waals surface area contributed by atoms with E-state index in [1.54, 1.807) is 67.4 Å². The van der Waals surface area contributed by atoms with E-state index in [0.29, 0.717) is 30.0 Å². The van der Waals surface area contributed by atoms with Crippen LogP contribution in [0, 0.1) is 0 Å². The van der Waals surface area contributed by atoms with E-state index in [1.165, 1.54) is 0 Å². The molecular formula is C20H22N2O5. The van der Waals surface area contributed by atoms with Crippen molar-refractivity contribution in [3.05, 3.63) is 59.7 Å². The van der Waals surface area contributed by atoms with Crippen molar-refractivity contribution in [2.75, 3.05) is 19.0 Å². The van der Waals surface area contributed by atoms with Crippen molar-refractivity contribution in [1.82, 2.24) is 4.90 Å². The van der Waals surface area contributed by atoms with Gasteiger partial charge in [-0.05, 0) is 35.9 Å². The van der Waals surface area contributed by atoms with E-state index in [0.717, 1.165) is 5.56 Å². The minimum Gasteiger partial charge on any atom is -0.482 e. The summed E-state index contributed by atoms with van der Waals surface area (Å²) in [6.45, 7) is 1.74. The molecule has 0 fully saturated rings. The molecule has 0 aliphatic heterocycles. The Morgan fingerprint density at radius 1 is 1.11 bits per heavy atom. The summed E-state index contributed by atoms with van der Waals surface area (Å²) in [6, 6.07) is 13.7. The number of aliphatic carboxylic acids is 1. The van der Waals surface area contributed by atoms with Gasteiger partial charge in [0.2, 0.25) is 5.91 Å². The maximum absolute atomic E-state index is 12.6. The monoisotopic (exact) mass is 370 g/mol. The van der Waals surface area contributed by atoms with E-state index in [9.17, 15) is 14.4 Å². The van der Waals surface area contributed by atoms with Crippen molar-refractivity contribution >= 4 is 23.5 Å². The third kappa shape index (κ3) is 6.14. The van der Waals surface area contributed by atoms with Gasteiger partial charge in [-0.25, -0.2) is 4.79 Å². The number of ether oxygens (including phenoxy) is 1. The highest BCUT2D eigenvalue weighted by Gasteiger charge is 2.13. The number of carboxylic acid groups (broad SMARTS) is 1. The Morgan fingerprint density at radius 2 is 1.81 bits per heavy atom. The zero-order valence-corrected chi connectivity index (χ0v) is 15.3. The lowest BCUT2D eigenvalue weighted by atomic mass is 10.1. The van der Waals surface area contributed by atoms with Crippen molar-refractivity contribution in [2.24, 2.45) is 0 Å². The molecular weight excluding hydrogens is 348 g/mol. The fraction of sp³-hybridized carbons (Fsp3) is 0.250. The largest absolute Gasteiger partial charge is 0.482 e. The Balaban J connectivity index is 2.00. The van der Waals surface area contributed by atoms with Crippen LogP contribution in [0.4, 0.5) is 5.69 Å². The van der Waals surface area contributed by atoms with Crippen LogP contribution in [-0.4, -0.2) is 41.4 Å². The average Bonchev–Trinajstić information content (AvgIpc) is 2.66. The lowest BCUT2D eigenvalue weighted by Crippen LogP contribution is -2.26. The van der Waals surface area contributed by atoms with Gasteiger partial charge in [0.15, 0.2) is 6.61 Å². The third-order valence-corrected chi connectivity index (χ3v) is 3.77. The molecule has 2 aromatic carbocycles. The van der Waals surface area contributed by atoms with Crippen LogP contribution in [0.5, 0.6) is 5.75 Å². The van der Waals surface area contributed by atoms with E-state index in [1.807, 2.05) is 0 Å². The fourth-order valence-corrected chi connectivity index (χ4v) is 2.38. The summed E-state index contributed by atoms with van der Waals surface area (Å²) < 4.78 is 5.08. The van der Waals surface area contributed by atoms with Crippen LogP contribution >= 0.6 is 0 Å². The number of anilines is 1. The van der Waals surface area contributed by atoms with E-state index in [4.69, 9.17) is 9.84 Å².